The van der Waals surface area contributed by atoms with Crippen LogP contribution in [0.2, 0.25) is 0 Å². The number of rotatable bonds is 6. The zero-order chi connectivity index (χ0) is 25.4. The van der Waals surface area contributed by atoms with Crippen molar-refractivity contribution in [1.82, 2.24) is 5.32 Å². The Kier molecular flexibility index (Phi) is 5.61. The summed E-state index contributed by atoms with van der Waals surface area (Å²) in [4.78, 5) is 71.3. The number of anilines is 1. The van der Waals surface area contributed by atoms with Gasteiger partial charge in [-0.2, -0.15) is 0 Å². The van der Waals surface area contributed by atoms with E-state index in [1.807, 2.05) is 0 Å². The highest BCUT2D eigenvalue weighted by Crippen LogP contribution is 2.23. The Morgan fingerprint density at radius 1 is 0.611 bits per heavy atom. The first kappa shape index (κ1) is 22.7. The van der Waals surface area contributed by atoms with Crippen molar-refractivity contribution in [3.63, 3.8) is 0 Å². The molecule has 0 unspecified atom stereocenters. The molecule has 0 saturated carbocycles. The summed E-state index contributed by atoms with van der Waals surface area (Å²) < 4.78 is 9.05. The number of esters is 4. The number of hydrogen-bond acceptors (Lipinski definition) is 8. The van der Waals surface area contributed by atoms with Crippen LogP contribution < -0.4 is 10.6 Å². The van der Waals surface area contributed by atoms with E-state index >= 15 is 0 Å². The molecule has 0 radical (unpaired) electrons. The minimum atomic E-state index is -0.783. The third kappa shape index (κ3) is 4.23. The molecule has 0 aromatic heterocycles. The molecular weight excluding hydrogens is 468 g/mol. The number of ether oxygens (including phenoxy) is 2. The van der Waals surface area contributed by atoms with Crippen LogP contribution in [0.25, 0.3) is 0 Å². The Balaban J connectivity index is 1.15. The van der Waals surface area contributed by atoms with Crippen LogP contribution >= 0.6 is 0 Å². The molecule has 2 amide bonds. The lowest BCUT2D eigenvalue weighted by atomic mass is 10.0. The number of benzene rings is 3. The maximum atomic E-state index is 12.5. The summed E-state index contributed by atoms with van der Waals surface area (Å²) in [5, 5.41) is 5.47. The van der Waals surface area contributed by atoms with Crippen molar-refractivity contribution < 1.29 is 38.2 Å². The summed E-state index contributed by atoms with van der Waals surface area (Å²) in [6, 6.07) is 15.3. The summed E-state index contributed by atoms with van der Waals surface area (Å²) in [5.41, 5.74) is 2.25. The fourth-order valence-electron chi connectivity index (χ4n) is 3.83. The minimum absolute atomic E-state index is 0.0540. The first-order valence-corrected chi connectivity index (χ1v) is 10.8. The van der Waals surface area contributed by atoms with Crippen molar-refractivity contribution in [3.05, 3.63) is 99.6 Å². The zero-order valence-corrected chi connectivity index (χ0v) is 18.5. The molecule has 2 N–H and O–H groups in total. The van der Waals surface area contributed by atoms with Crippen LogP contribution in [-0.4, -0.2) is 42.2 Å². The SMILES string of the molecule is O=C(NCCc1ccc(NC(=O)c2ccc3c(c2)C(=O)OC3=O)cc1)c1ccc2c(c1)C(=O)OC2=O. The lowest BCUT2D eigenvalue weighted by Gasteiger charge is -2.08. The topological polar surface area (TPSA) is 145 Å². The number of fused-ring (bicyclic) bond motifs is 2. The van der Waals surface area contributed by atoms with E-state index in [-0.39, 0.29) is 33.4 Å². The van der Waals surface area contributed by atoms with Gasteiger partial charge in [0.25, 0.3) is 11.8 Å². The summed E-state index contributed by atoms with van der Waals surface area (Å²) in [5.74, 6) is -3.86. The maximum Gasteiger partial charge on any atom is 0.346 e. The number of amides is 2. The molecular formula is C26H16N2O8. The molecule has 2 aliphatic heterocycles. The van der Waals surface area contributed by atoms with Gasteiger partial charge in [0.05, 0.1) is 22.3 Å². The van der Waals surface area contributed by atoms with Crippen LogP contribution in [-0.2, 0) is 15.9 Å². The highest BCUT2D eigenvalue weighted by atomic mass is 16.6. The smallest absolute Gasteiger partial charge is 0.346 e. The van der Waals surface area contributed by atoms with Crippen LogP contribution in [0.4, 0.5) is 5.69 Å². The molecule has 10 heteroatoms. The second-order valence-corrected chi connectivity index (χ2v) is 8.03. The molecule has 36 heavy (non-hydrogen) atoms. The van der Waals surface area contributed by atoms with Gasteiger partial charge in [-0.25, -0.2) is 19.2 Å². The number of hydrogen-bond donors (Lipinski definition) is 2. The monoisotopic (exact) mass is 484 g/mol. The van der Waals surface area contributed by atoms with E-state index in [1.165, 1.54) is 36.4 Å². The normalized spacial score (nSPS) is 13.6. The summed E-state index contributed by atoms with van der Waals surface area (Å²) >= 11 is 0. The van der Waals surface area contributed by atoms with Gasteiger partial charge in [-0.05, 0) is 60.5 Å². The van der Waals surface area contributed by atoms with Crippen molar-refractivity contribution in [2.24, 2.45) is 0 Å². The van der Waals surface area contributed by atoms with Gasteiger partial charge in [0.2, 0.25) is 0 Å². The highest BCUT2D eigenvalue weighted by molar-refractivity contribution is 6.17. The second-order valence-electron chi connectivity index (χ2n) is 8.03. The van der Waals surface area contributed by atoms with Crippen molar-refractivity contribution >= 4 is 41.4 Å². The summed E-state index contributed by atoms with van der Waals surface area (Å²) in [6.07, 6.45) is 0.506. The first-order valence-electron chi connectivity index (χ1n) is 10.8. The zero-order valence-electron chi connectivity index (χ0n) is 18.5. The van der Waals surface area contributed by atoms with Crippen molar-refractivity contribution in [1.29, 1.82) is 0 Å². The van der Waals surface area contributed by atoms with Gasteiger partial charge in [-0.3, -0.25) is 9.59 Å². The highest BCUT2D eigenvalue weighted by Gasteiger charge is 2.31. The number of nitrogens with one attached hydrogen (secondary N) is 2. The standard InChI is InChI=1S/C26H16N2O8/c29-21(14-3-7-17-19(11-14)25(33)35-23(17)31)27-10-9-13-1-5-16(6-2-13)28-22(30)15-4-8-18-20(12-15)26(34)36-24(18)32/h1-8,11-12H,9-10H2,(H,27,29)(H,28,30). The van der Waals surface area contributed by atoms with E-state index < -0.39 is 35.7 Å². The van der Waals surface area contributed by atoms with Gasteiger partial charge >= 0.3 is 23.9 Å². The first-order chi connectivity index (χ1) is 17.3. The van der Waals surface area contributed by atoms with E-state index in [4.69, 9.17) is 0 Å². The average Bonchev–Trinajstić information content (AvgIpc) is 3.33. The Labute approximate surface area is 203 Å². The van der Waals surface area contributed by atoms with Gasteiger partial charge in [0.15, 0.2) is 0 Å². The van der Waals surface area contributed by atoms with Gasteiger partial charge in [0.1, 0.15) is 0 Å². The molecule has 0 aliphatic carbocycles. The van der Waals surface area contributed by atoms with Crippen LogP contribution in [0, 0.1) is 0 Å². The molecule has 0 spiro atoms. The van der Waals surface area contributed by atoms with E-state index in [0.29, 0.717) is 18.7 Å². The molecule has 0 atom stereocenters. The Morgan fingerprint density at radius 3 is 1.67 bits per heavy atom. The van der Waals surface area contributed by atoms with Crippen LogP contribution in [0.15, 0.2) is 60.7 Å². The van der Waals surface area contributed by atoms with Gasteiger partial charge < -0.3 is 20.1 Å². The maximum absolute atomic E-state index is 12.5. The molecule has 0 fully saturated rings. The Morgan fingerprint density at radius 2 is 1.11 bits per heavy atom. The molecule has 178 valence electrons. The molecule has 10 nitrogen and oxygen atoms in total. The number of carbonyl (C=O) groups is 6. The largest absolute Gasteiger partial charge is 0.386 e. The Hall–Kier alpha value is -5.12. The fraction of sp³-hybridized carbons (Fsp3) is 0.0769. The summed E-state index contributed by atoms with van der Waals surface area (Å²) in [6.45, 7) is 0.314. The molecule has 2 heterocycles. The Bertz CT molecular complexity index is 1490. The molecule has 0 bridgehead atoms. The summed E-state index contributed by atoms with van der Waals surface area (Å²) in [7, 11) is 0. The van der Waals surface area contributed by atoms with Gasteiger partial charge in [0, 0.05) is 23.4 Å². The molecule has 5 rings (SSSR count). The van der Waals surface area contributed by atoms with E-state index in [0.717, 1.165) is 5.56 Å². The molecule has 2 aliphatic rings. The predicted octanol–water partition coefficient (Wildman–Crippen LogP) is 2.53. The van der Waals surface area contributed by atoms with Crippen LogP contribution in [0.5, 0.6) is 0 Å². The van der Waals surface area contributed by atoms with E-state index in [1.54, 1.807) is 24.3 Å². The molecule has 3 aromatic carbocycles. The third-order valence-corrected chi connectivity index (χ3v) is 5.72. The van der Waals surface area contributed by atoms with E-state index in [2.05, 4.69) is 20.1 Å². The molecule has 0 saturated heterocycles. The fourth-order valence-corrected chi connectivity index (χ4v) is 3.83. The predicted molar refractivity (Wildman–Crippen MR) is 123 cm³/mol. The average molecular weight is 484 g/mol. The minimum Gasteiger partial charge on any atom is -0.386 e. The van der Waals surface area contributed by atoms with Crippen molar-refractivity contribution in [2.45, 2.75) is 6.42 Å². The van der Waals surface area contributed by atoms with E-state index in [9.17, 15) is 28.8 Å². The van der Waals surface area contributed by atoms with Crippen molar-refractivity contribution in [2.75, 3.05) is 11.9 Å². The molecule has 3 aromatic rings. The van der Waals surface area contributed by atoms with Gasteiger partial charge in [-0.15, -0.1) is 0 Å². The quantitative estimate of drug-likeness (QED) is 0.401. The number of cyclic esters (lactones) is 4. The van der Waals surface area contributed by atoms with Crippen molar-refractivity contribution in [3.8, 4) is 0 Å². The van der Waals surface area contributed by atoms with Gasteiger partial charge in [-0.1, -0.05) is 12.1 Å². The lowest BCUT2D eigenvalue weighted by molar-refractivity contribution is 0.0425. The second kappa shape index (κ2) is 8.91. The lowest BCUT2D eigenvalue weighted by Crippen LogP contribution is -2.25. The number of carbonyl (C=O) groups excluding carboxylic acids is 6. The third-order valence-electron chi connectivity index (χ3n) is 5.72. The van der Waals surface area contributed by atoms with Crippen LogP contribution in [0.3, 0.4) is 0 Å². The van der Waals surface area contributed by atoms with Crippen LogP contribution in [0.1, 0.15) is 67.7 Å².